The van der Waals surface area contributed by atoms with Crippen LogP contribution in [0.1, 0.15) is 45.1 Å². The lowest BCUT2D eigenvalue weighted by Gasteiger charge is -2.13. The van der Waals surface area contributed by atoms with Gasteiger partial charge < -0.3 is 10.1 Å². The summed E-state index contributed by atoms with van der Waals surface area (Å²) in [5.41, 5.74) is 0.815. The molecule has 2 aromatic heterocycles. The molecule has 0 fully saturated rings. The van der Waals surface area contributed by atoms with Gasteiger partial charge in [0.05, 0.1) is 6.20 Å². The lowest BCUT2D eigenvalue weighted by Crippen LogP contribution is -2.23. The van der Waals surface area contributed by atoms with Crippen molar-refractivity contribution in [2.24, 2.45) is 7.05 Å². The maximum atomic E-state index is 5.69. The fourth-order valence-electron chi connectivity index (χ4n) is 1.68. The summed E-state index contributed by atoms with van der Waals surface area (Å²) in [6.45, 7) is 8.92. The normalized spacial score (nSPS) is 11.4. The topological polar surface area (TPSA) is 77.8 Å². The third-order valence-corrected chi connectivity index (χ3v) is 2.82. The number of aromatic nitrogens is 5. The Bertz CT molecular complexity index is 593. The largest absolute Gasteiger partial charge is 0.420 e. The molecule has 7 nitrogen and oxygen atoms in total. The zero-order valence-electron chi connectivity index (χ0n) is 13.2. The van der Waals surface area contributed by atoms with E-state index in [4.69, 9.17) is 4.74 Å². The molecule has 0 saturated heterocycles. The van der Waals surface area contributed by atoms with Gasteiger partial charge in [-0.15, -0.1) is 5.10 Å². The average molecular weight is 290 g/mol. The molecule has 114 valence electrons. The molecule has 0 spiro atoms. The third kappa shape index (κ3) is 4.22. The van der Waals surface area contributed by atoms with E-state index < -0.39 is 0 Å². The van der Waals surface area contributed by atoms with Crippen molar-refractivity contribution in [3.05, 3.63) is 24.0 Å². The van der Waals surface area contributed by atoms with Crippen molar-refractivity contribution in [1.82, 2.24) is 30.0 Å². The lowest BCUT2D eigenvalue weighted by molar-refractivity contribution is 0.422. The number of aryl methyl sites for hydroxylation is 1. The number of hydrogen-bond donors (Lipinski definition) is 1. The van der Waals surface area contributed by atoms with Crippen LogP contribution in [0.5, 0.6) is 11.8 Å². The first kappa shape index (κ1) is 15.4. The second-order valence-corrected chi connectivity index (χ2v) is 5.53. The minimum absolute atomic E-state index is 0.268. The lowest BCUT2D eigenvalue weighted by atomic mass is 10.2. The molecule has 0 aliphatic rings. The van der Waals surface area contributed by atoms with Crippen molar-refractivity contribution in [2.45, 2.75) is 46.2 Å². The van der Waals surface area contributed by atoms with Crippen LogP contribution in [-0.2, 0) is 13.6 Å². The van der Waals surface area contributed by atoms with E-state index in [1.54, 1.807) is 24.3 Å². The second-order valence-electron chi connectivity index (χ2n) is 5.53. The van der Waals surface area contributed by atoms with E-state index in [0.717, 1.165) is 11.5 Å². The van der Waals surface area contributed by atoms with E-state index >= 15 is 0 Å². The minimum Gasteiger partial charge on any atom is -0.420 e. The maximum absolute atomic E-state index is 5.69. The SMILES string of the molecule is CC(C)NCc1nc(C(C)C)ncc1Oc1ncn(C)n1. The molecule has 0 aromatic carbocycles. The highest BCUT2D eigenvalue weighted by molar-refractivity contribution is 5.27. The summed E-state index contributed by atoms with van der Waals surface area (Å²) >= 11 is 0. The number of hydrogen-bond acceptors (Lipinski definition) is 6. The highest BCUT2D eigenvalue weighted by atomic mass is 16.5. The molecular weight excluding hydrogens is 268 g/mol. The highest BCUT2D eigenvalue weighted by Gasteiger charge is 2.13. The van der Waals surface area contributed by atoms with Crippen LogP contribution in [0.4, 0.5) is 0 Å². The third-order valence-electron chi connectivity index (χ3n) is 2.82. The van der Waals surface area contributed by atoms with Gasteiger partial charge in [-0.1, -0.05) is 27.7 Å². The molecule has 7 heteroatoms. The molecule has 0 radical (unpaired) electrons. The molecule has 0 unspecified atom stereocenters. The summed E-state index contributed by atoms with van der Waals surface area (Å²) in [6.07, 6.45) is 3.28. The van der Waals surface area contributed by atoms with Crippen molar-refractivity contribution in [3.8, 4) is 11.8 Å². The summed E-state index contributed by atoms with van der Waals surface area (Å²) in [7, 11) is 1.79. The van der Waals surface area contributed by atoms with Crippen LogP contribution in [0, 0.1) is 0 Å². The smallest absolute Gasteiger partial charge is 0.341 e. The fourth-order valence-corrected chi connectivity index (χ4v) is 1.68. The van der Waals surface area contributed by atoms with E-state index in [1.807, 2.05) is 0 Å². The van der Waals surface area contributed by atoms with Gasteiger partial charge in [0.15, 0.2) is 5.75 Å². The van der Waals surface area contributed by atoms with Crippen molar-refractivity contribution >= 4 is 0 Å². The molecule has 21 heavy (non-hydrogen) atoms. The number of nitrogens with one attached hydrogen (secondary N) is 1. The number of rotatable bonds is 6. The first-order valence-corrected chi connectivity index (χ1v) is 7.08. The predicted octanol–water partition coefficient (Wildman–Crippen LogP) is 2.02. The summed E-state index contributed by atoms with van der Waals surface area (Å²) in [5, 5.41) is 7.45. The molecule has 2 rings (SSSR count). The monoisotopic (exact) mass is 290 g/mol. The molecule has 0 saturated carbocycles. The molecule has 2 heterocycles. The quantitative estimate of drug-likeness (QED) is 0.877. The van der Waals surface area contributed by atoms with Crippen molar-refractivity contribution in [2.75, 3.05) is 0 Å². The Morgan fingerprint density at radius 3 is 2.57 bits per heavy atom. The van der Waals surface area contributed by atoms with Gasteiger partial charge in [-0.2, -0.15) is 4.98 Å². The number of nitrogens with zero attached hydrogens (tertiary/aromatic N) is 5. The minimum atomic E-state index is 0.268. The molecule has 1 N–H and O–H groups in total. The van der Waals surface area contributed by atoms with Gasteiger partial charge in [0.1, 0.15) is 17.8 Å². The van der Waals surface area contributed by atoms with E-state index in [9.17, 15) is 0 Å². The standard InChI is InChI=1S/C14H22N6O/c1-9(2)13-16-7-12(11(18-13)6-15-10(3)4)21-14-17-8-20(5)19-14/h7-10,15H,6H2,1-5H3. The van der Waals surface area contributed by atoms with Gasteiger partial charge in [-0.25, -0.2) is 9.97 Å². The van der Waals surface area contributed by atoms with Crippen LogP contribution >= 0.6 is 0 Å². The van der Waals surface area contributed by atoms with Crippen LogP contribution in [0.2, 0.25) is 0 Å². The van der Waals surface area contributed by atoms with Crippen LogP contribution in [0.3, 0.4) is 0 Å². The van der Waals surface area contributed by atoms with Gasteiger partial charge in [-0.05, 0) is 0 Å². The molecule has 0 aliphatic carbocycles. The highest BCUT2D eigenvalue weighted by Crippen LogP contribution is 2.22. The summed E-state index contributed by atoms with van der Waals surface area (Å²) < 4.78 is 7.28. The summed E-state index contributed by atoms with van der Waals surface area (Å²) in [6, 6.07) is 0.660. The number of ether oxygens (including phenoxy) is 1. The molecule has 0 atom stereocenters. The molecule has 0 bridgehead atoms. The Hall–Kier alpha value is -2.02. The van der Waals surface area contributed by atoms with Gasteiger partial charge in [0, 0.05) is 25.6 Å². The van der Waals surface area contributed by atoms with E-state index in [2.05, 4.69) is 53.1 Å². The first-order valence-electron chi connectivity index (χ1n) is 7.08. The van der Waals surface area contributed by atoms with Crippen LogP contribution < -0.4 is 10.1 Å². The zero-order valence-corrected chi connectivity index (χ0v) is 13.2. The van der Waals surface area contributed by atoms with Crippen LogP contribution in [0.25, 0.3) is 0 Å². The van der Waals surface area contributed by atoms with Gasteiger partial charge in [0.25, 0.3) is 0 Å². The van der Waals surface area contributed by atoms with Gasteiger partial charge >= 0.3 is 6.01 Å². The zero-order chi connectivity index (χ0) is 15.4. The van der Waals surface area contributed by atoms with Gasteiger partial charge in [0.2, 0.25) is 0 Å². The molecule has 2 aromatic rings. The van der Waals surface area contributed by atoms with E-state index in [-0.39, 0.29) is 5.92 Å². The summed E-state index contributed by atoms with van der Waals surface area (Å²) in [5.74, 6) is 1.65. The van der Waals surface area contributed by atoms with Crippen LogP contribution in [-0.4, -0.2) is 30.8 Å². The van der Waals surface area contributed by atoms with E-state index in [0.29, 0.717) is 24.3 Å². The van der Waals surface area contributed by atoms with Crippen molar-refractivity contribution in [1.29, 1.82) is 0 Å². The maximum Gasteiger partial charge on any atom is 0.341 e. The van der Waals surface area contributed by atoms with Crippen LogP contribution in [0.15, 0.2) is 12.5 Å². The Labute approximate surface area is 124 Å². The van der Waals surface area contributed by atoms with Crippen molar-refractivity contribution in [3.63, 3.8) is 0 Å². The Balaban J connectivity index is 2.25. The van der Waals surface area contributed by atoms with Crippen molar-refractivity contribution < 1.29 is 4.74 Å². The average Bonchev–Trinajstić information content (AvgIpc) is 2.82. The Kier molecular flexibility index (Phi) is 4.85. The molecule has 0 amide bonds. The Morgan fingerprint density at radius 2 is 2.00 bits per heavy atom. The predicted molar refractivity (Wildman–Crippen MR) is 79.2 cm³/mol. The Morgan fingerprint density at radius 1 is 1.24 bits per heavy atom. The first-order chi connectivity index (χ1) is 9.95. The van der Waals surface area contributed by atoms with E-state index in [1.165, 1.54) is 0 Å². The fraction of sp³-hybridized carbons (Fsp3) is 0.571. The summed E-state index contributed by atoms with van der Waals surface area (Å²) in [4.78, 5) is 13.0. The van der Waals surface area contributed by atoms with Gasteiger partial charge in [-0.3, -0.25) is 4.68 Å². The molecule has 0 aliphatic heterocycles. The second kappa shape index (κ2) is 6.62. The molecular formula is C14H22N6O.